The van der Waals surface area contributed by atoms with Gasteiger partial charge in [-0.1, -0.05) is 24.4 Å². The molecule has 18 heavy (non-hydrogen) atoms. The maximum atomic E-state index is 9.04. The van der Waals surface area contributed by atoms with Crippen LogP contribution in [0.15, 0.2) is 42.6 Å². The molecule has 0 fully saturated rings. The standard InChI is InChI=1S/C13H12N2O2S/c14-13(18)10-4-5-15-12(7-10)17-11-3-1-2-9(6-11)8-16/h1-7,16H,8H2,(H2,14,18). The molecule has 0 saturated carbocycles. The molecule has 0 atom stereocenters. The maximum absolute atomic E-state index is 9.04. The molecule has 0 saturated heterocycles. The topological polar surface area (TPSA) is 68.4 Å². The van der Waals surface area contributed by atoms with Crippen LogP contribution >= 0.6 is 12.2 Å². The van der Waals surface area contributed by atoms with Gasteiger partial charge in [0.05, 0.1) is 6.61 Å². The van der Waals surface area contributed by atoms with E-state index in [2.05, 4.69) is 4.98 Å². The number of pyridine rings is 1. The molecular weight excluding hydrogens is 248 g/mol. The van der Waals surface area contributed by atoms with Crippen LogP contribution in [0.25, 0.3) is 0 Å². The zero-order valence-electron chi connectivity index (χ0n) is 9.54. The van der Waals surface area contributed by atoms with Gasteiger partial charge in [-0.25, -0.2) is 4.98 Å². The van der Waals surface area contributed by atoms with E-state index >= 15 is 0 Å². The Morgan fingerprint density at radius 2 is 2.17 bits per heavy atom. The smallest absolute Gasteiger partial charge is 0.219 e. The molecule has 0 bridgehead atoms. The molecule has 3 N–H and O–H groups in total. The molecule has 0 aliphatic carbocycles. The zero-order chi connectivity index (χ0) is 13.0. The van der Waals surface area contributed by atoms with Gasteiger partial charge in [-0.3, -0.25) is 0 Å². The Bertz CT molecular complexity index is 572. The average molecular weight is 260 g/mol. The van der Waals surface area contributed by atoms with Gasteiger partial charge in [0.2, 0.25) is 5.88 Å². The van der Waals surface area contributed by atoms with E-state index in [4.69, 9.17) is 27.8 Å². The van der Waals surface area contributed by atoms with Crippen molar-refractivity contribution in [1.82, 2.24) is 4.98 Å². The Morgan fingerprint density at radius 3 is 2.89 bits per heavy atom. The van der Waals surface area contributed by atoms with Crippen LogP contribution in [0.4, 0.5) is 0 Å². The number of nitrogens with zero attached hydrogens (tertiary/aromatic N) is 1. The number of ether oxygens (including phenoxy) is 1. The van der Waals surface area contributed by atoms with Crippen molar-refractivity contribution < 1.29 is 9.84 Å². The first-order valence-electron chi connectivity index (χ1n) is 5.32. The van der Waals surface area contributed by atoms with Crippen molar-refractivity contribution in [1.29, 1.82) is 0 Å². The predicted molar refractivity (Wildman–Crippen MR) is 72.6 cm³/mol. The minimum absolute atomic E-state index is 0.0302. The Kier molecular flexibility index (Phi) is 3.86. The number of hydrogen-bond acceptors (Lipinski definition) is 4. The van der Waals surface area contributed by atoms with E-state index in [0.717, 1.165) is 5.56 Å². The fourth-order valence-electron chi connectivity index (χ4n) is 1.45. The van der Waals surface area contributed by atoms with Crippen LogP contribution in [0.5, 0.6) is 11.6 Å². The first-order valence-corrected chi connectivity index (χ1v) is 5.73. The van der Waals surface area contributed by atoms with Crippen molar-refractivity contribution in [3.8, 4) is 11.6 Å². The fourth-order valence-corrected chi connectivity index (χ4v) is 1.57. The van der Waals surface area contributed by atoms with Gasteiger partial charge in [0.25, 0.3) is 0 Å². The van der Waals surface area contributed by atoms with Crippen molar-refractivity contribution >= 4 is 17.2 Å². The highest BCUT2D eigenvalue weighted by atomic mass is 32.1. The van der Waals surface area contributed by atoms with Gasteiger partial charge in [-0.15, -0.1) is 0 Å². The van der Waals surface area contributed by atoms with Gasteiger partial charge < -0.3 is 15.6 Å². The fraction of sp³-hybridized carbons (Fsp3) is 0.0769. The number of thiocarbonyl (C=S) groups is 1. The molecule has 4 nitrogen and oxygen atoms in total. The summed E-state index contributed by atoms with van der Waals surface area (Å²) in [5, 5.41) is 9.04. The van der Waals surface area contributed by atoms with Gasteiger partial charge in [0, 0.05) is 17.8 Å². The van der Waals surface area contributed by atoms with Gasteiger partial charge in [-0.05, 0) is 23.8 Å². The maximum Gasteiger partial charge on any atom is 0.219 e. The summed E-state index contributed by atoms with van der Waals surface area (Å²) in [6.45, 7) is -0.0302. The Hall–Kier alpha value is -1.98. The van der Waals surface area contributed by atoms with E-state index < -0.39 is 0 Å². The van der Waals surface area contributed by atoms with E-state index in [0.29, 0.717) is 22.2 Å². The predicted octanol–water partition coefficient (Wildman–Crippen LogP) is 2.00. The highest BCUT2D eigenvalue weighted by Crippen LogP contribution is 2.21. The molecule has 2 aromatic rings. The van der Waals surface area contributed by atoms with Crippen LogP contribution < -0.4 is 10.5 Å². The molecule has 2 rings (SSSR count). The molecule has 1 aromatic carbocycles. The summed E-state index contributed by atoms with van der Waals surface area (Å²) in [7, 11) is 0. The van der Waals surface area contributed by atoms with E-state index in [1.54, 1.807) is 36.5 Å². The van der Waals surface area contributed by atoms with Gasteiger partial charge >= 0.3 is 0 Å². The summed E-state index contributed by atoms with van der Waals surface area (Å²) in [6, 6.07) is 10.5. The number of benzene rings is 1. The zero-order valence-corrected chi connectivity index (χ0v) is 10.4. The molecule has 1 heterocycles. The Balaban J connectivity index is 2.22. The largest absolute Gasteiger partial charge is 0.439 e. The summed E-state index contributed by atoms with van der Waals surface area (Å²) in [5.74, 6) is 1.02. The van der Waals surface area contributed by atoms with Gasteiger partial charge in [-0.2, -0.15) is 0 Å². The summed E-state index contributed by atoms with van der Waals surface area (Å²) >= 11 is 4.89. The highest BCUT2D eigenvalue weighted by molar-refractivity contribution is 7.80. The van der Waals surface area contributed by atoms with Crippen LogP contribution in [0.1, 0.15) is 11.1 Å². The van der Waals surface area contributed by atoms with Crippen molar-refractivity contribution in [2.75, 3.05) is 0 Å². The molecule has 1 aromatic heterocycles. The molecule has 0 spiro atoms. The van der Waals surface area contributed by atoms with Crippen LogP contribution in [0, 0.1) is 0 Å². The monoisotopic (exact) mass is 260 g/mol. The summed E-state index contributed by atoms with van der Waals surface area (Å²) in [5.41, 5.74) is 7.01. The van der Waals surface area contributed by atoms with Crippen LogP contribution in [-0.4, -0.2) is 15.1 Å². The lowest BCUT2D eigenvalue weighted by Gasteiger charge is -2.07. The minimum Gasteiger partial charge on any atom is -0.439 e. The molecule has 5 heteroatoms. The first kappa shape index (κ1) is 12.5. The number of aromatic nitrogens is 1. The van der Waals surface area contributed by atoms with E-state index in [1.807, 2.05) is 6.07 Å². The third-order valence-electron chi connectivity index (χ3n) is 2.32. The van der Waals surface area contributed by atoms with Crippen LogP contribution in [0.3, 0.4) is 0 Å². The van der Waals surface area contributed by atoms with Crippen molar-refractivity contribution in [3.05, 3.63) is 53.7 Å². The number of aliphatic hydroxyl groups excluding tert-OH is 1. The normalized spacial score (nSPS) is 10.1. The summed E-state index contributed by atoms with van der Waals surface area (Å²) in [4.78, 5) is 4.37. The molecule has 0 amide bonds. The SMILES string of the molecule is NC(=S)c1ccnc(Oc2cccc(CO)c2)c1. The first-order chi connectivity index (χ1) is 8.69. The van der Waals surface area contributed by atoms with Gasteiger partial charge in [0.15, 0.2) is 0 Å². The van der Waals surface area contributed by atoms with E-state index in [1.165, 1.54) is 0 Å². The summed E-state index contributed by atoms with van der Waals surface area (Å²) < 4.78 is 5.57. The van der Waals surface area contributed by atoms with E-state index in [9.17, 15) is 0 Å². The minimum atomic E-state index is -0.0302. The third-order valence-corrected chi connectivity index (χ3v) is 2.56. The number of aliphatic hydroxyl groups is 1. The van der Waals surface area contributed by atoms with Gasteiger partial charge in [0.1, 0.15) is 10.7 Å². The quantitative estimate of drug-likeness (QED) is 0.823. The molecular formula is C13H12N2O2S. The van der Waals surface area contributed by atoms with Crippen molar-refractivity contribution in [2.45, 2.75) is 6.61 Å². The second-order valence-corrected chi connectivity index (χ2v) is 4.09. The molecule has 0 aliphatic rings. The van der Waals surface area contributed by atoms with E-state index in [-0.39, 0.29) is 6.61 Å². The lowest BCUT2D eigenvalue weighted by Crippen LogP contribution is -2.09. The number of nitrogens with two attached hydrogens (primary N) is 1. The second kappa shape index (κ2) is 5.57. The number of hydrogen-bond donors (Lipinski definition) is 2. The molecule has 92 valence electrons. The van der Waals surface area contributed by atoms with Crippen molar-refractivity contribution in [3.63, 3.8) is 0 Å². The third kappa shape index (κ3) is 3.03. The van der Waals surface area contributed by atoms with Crippen LogP contribution in [0.2, 0.25) is 0 Å². The number of rotatable bonds is 4. The second-order valence-electron chi connectivity index (χ2n) is 3.65. The lowest BCUT2D eigenvalue weighted by molar-refractivity contribution is 0.281. The molecule has 0 radical (unpaired) electrons. The van der Waals surface area contributed by atoms with Crippen LogP contribution in [-0.2, 0) is 6.61 Å². The average Bonchev–Trinajstić information content (AvgIpc) is 2.39. The highest BCUT2D eigenvalue weighted by Gasteiger charge is 2.03. The van der Waals surface area contributed by atoms with Crippen molar-refractivity contribution in [2.24, 2.45) is 5.73 Å². The summed E-state index contributed by atoms with van der Waals surface area (Å²) in [6.07, 6.45) is 1.58. The Morgan fingerprint density at radius 1 is 1.33 bits per heavy atom. The molecule has 0 unspecified atom stereocenters. The lowest BCUT2D eigenvalue weighted by atomic mass is 10.2. The Labute approximate surface area is 110 Å². The molecule has 0 aliphatic heterocycles.